The molecule has 1 aliphatic rings. The van der Waals surface area contributed by atoms with Crippen LogP contribution in [0.3, 0.4) is 0 Å². The quantitative estimate of drug-likeness (QED) is 0.795. The molecule has 2 rings (SSSR count). The van der Waals surface area contributed by atoms with Crippen molar-refractivity contribution in [1.82, 2.24) is 0 Å². The molecular formula is C11H12N2O2. The second-order valence-electron chi connectivity index (χ2n) is 3.49. The van der Waals surface area contributed by atoms with Crippen molar-refractivity contribution in [3.8, 4) is 0 Å². The van der Waals surface area contributed by atoms with E-state index < -0.39 is 5.97 Å². The monoisotopic (exact) mass is 204 g/mol. The molecule has 0 atom stereocenters. The highest BCUT2D eigenvalue weighted by molar-refractivity contribution is 5.99. The van der Waals surface area contributed by atoms with Crippen LogP contribution in [0.2, 0.25) is 0 Å². The first-order valence-corrected chi connectivity index (χ1v) is 4.79. The van der Waals surface area contributed by atoms with Crippen LogP contribution in [0.4, 0.5) is 5.69 Å². The van der Waals surface area contributed by atoms with Crippen LogP contribution in [0.15, 0.2) is 23.2 Å². The Balaban J connectivity index is 2.50. The maximum atomic E-state index is 11.1. The Bertz CT molecular complexity index is 427. The topological polar surface area (TPSA) is 52.9 Å². The third-order valence-electron chi connectivity index (χ3n) is 2.47. The van der Waals surface area contributed by atoms with Crippen LogP contribution in [0.25, 0.3) is 0 Å². The maximum absolute atomic E-state index is 11.1. The van der Waals surface area contributed by atoms with Crippen molar-refractivity contribution in [2.75, 3.05) is 18.0 Å². The molecule has 1 aromatic carbocycles. The van der Waals surface area contributed by atoms with Gasteiger partial charge in [0.1, 0.15) is 0 Å². The molecule has 0 amide bonds. The minimum absolute atomic E-state index is 0.367. The molecule has 1 aromatic rings. The van der Waals surface area contributed by atoms with E-state index in [4.69, 9.17) is 5.11 Å². The number of aromatic carboxylic acids is 1. The van der Waals surface area contributed by atoms with Crippen LogP contribution in [0.1, 0.15) is 15.9 Å². The van der Waals surface area contributed by atoms with Gasteiger partial charge in [-0.25, -0.2) is 4.79 Å². The molecule has 1 aliphatic heterocycles. The number of carboxylic acid groups (broad SMARTS) is 1. The van der Waals surface area contributed by atoms with E-state index in [1.807, 2.05) is 17.0 Å². The Kier molecular flexibility index (Phi) is 2.41. The van der Waals surface area contributed by atoms with Crippen LogP contribution in [-0.4, -0.2) is 30.5 Å². The molecule has 78 valence electrons. The molecule has 0 radical (unpaired) electrons. The minimum atomic E-state index is -0.886. The predicted molar refractivity (Wildman–Crippen MR) is 58.8 cm³/mol. The molecule has 0 aliphatic carbocycles. The predicted octanol–water partition coefficient (Wildman–Crippen LogP) is 1.54. The minimum Gasteiger partial charge on any atom is -0.478 e. The van der Waals surface area contributed by atoms with Gasteiger partial charge < -0.3 is 10.0 Å². The lowest BCUT2D eigenvalue weighted by Gasteiger charge is -2.17. The van der Waals surface area contributed by atoms with Crippen molar-refractivity contribution in [2.45, 2.75) is 6.92 Å². The van der Waals surface area contributed by atoms with E-state index in [-0.39, 0.29) is 0 Å². The lowest BCUT2D eigenvalue weighted by Crippen LogP contribution is -2.21. The van der Waals surface area contributed by atoms with Gasteiger partial charge in [-0.05, 0) is 18.6 Å². The van der Waals surface area contributed by atoms with E-state index in [0.29, 0.717) is 5.56 Å². The van der Waals surface area contributed by atoms with Gasteiger partial charge in [-0.15, -0.1) is 0 Å². The smallest absolute Gasteiger partial charge is 0.338 e. The highest BCUT2D eigenvalue weighted by Crippen LogP contribution is 2.23. The third-order valence-corrected chi connectivity index (χ3v) is 2.47. The summed E-state index contributed by atoms with van der Waals surface area (Å²) in [6, 6.07) is 5.48. The fourth-order valence-electron chi connectivity index (χ4n) is 1.73. The Morgan fingerprint density at radius 2 is 2.33 bits per heavy atom. The summed E-state index contributed by atoms with van der Waals surface area (Å²) in [5.74, 6) is -0.886. The fourth-order valence-corrected chi connectivity index (χ4v) is 1.73. The molecule has 0 aromatic heterocycles. The van der Waals surface area contributed by atoms with Crippen LogP contribution in [0.5, 0.6) is 0 Å². The molecule has 4 nitrogen and oxygen atoms in total. The molecular weight excluding hydrogens is 192 g/mol. The Morgan fingerprint density at radius 1 is 1.53 bits per heavy atom. The molecule has 15 heavy (non-hydrogen) atoms. The number of hydrogen-bond acceptors (Lipinski definition) is 3. The van der Waals surface area contributed by atoms with Crippen molar-refractivity contribution in [3.05, 3.63) is 29.3 Å². The lowest BCUT2D eigenvalue weighted by atomic mass is 10.1. The number of carbonyl (C=O) groups is 1. The van der Waals surface area contributed by atoms with Gasteiger partial charge >= 0.3 is 5.97 Å². The van der Waals surface area contributed by atoms with Crippen LogP contribution >= 0.6 is 0 Å². The first-order valence-electron chi connectivity index (χ1n) is 4.79. The van der Waals surface area contributed by atoms with E-state index in [2.05, 4.69) is 4.99 Å². The standard InChI is InChI=1S/C11H12N2O2/c1-8-3-2-4-9(10(8)11(14)15)13-6-5-12-7-13/h2-4,7H,5-6H2,1H3,(H,14,15). The van der Waals surface area contributed by atoms with E-state index in [1.165, 1.54) is 0 Å². The fraction of sp³-hybridized carbons (Fsp3) is 0.273. The van der Waals surface area contributed by atoms with Crippen LogP contribution < -0.4 is 4.90 Å². The van der Waals surface area contributed by atoms with Crippen molar-refractivity contribution >= 4 is 18.0 Å². The summed E-state index contributed by atoms with van der Waals surface area (Å²) >= 11 is 0. The second kappa shape index (κ2) is 3.73. The molecule has 4 heteroatoms. The summed E-state index contributed by atoms with van der Waals surface area (Å²) < 4.78 is 0. The Morgan fingerprint density at radius 3 is 2.93 bits per heavy atom. The summed E-state index contributed by atoms with van der Waals surface area (Å²) in [6.45, 7) is 3.29. The molecule has 0 saturated carbocycles. The molecule has 0 saturated heterocycles. The first kappa shape index (κ1) is 9.71. The number of benzene rings is 1. The van der Waals surface area contributed by atoms with E-state index in [9.17, 15) is 4.79 Å². The average Bonchev–Trinajstić information content (AvgIpc) is 2.69. The summed E-state index contributed by atoms with van der Waals surface area (Å²) in [5.41, 5.74) is 1.87. The molecule has 0 unspecified atom stereocenters. The van der Waals surface area contributed by atoms with Gasteiger partial charge in [0.2, 0.25) is 0 Å². The van der Waals surface area contributed by atoms with E-state index >= 15 is 0 Å². The molecule has 0 spiro atoms. The average molecular weight is 204 g/mol. The zero-order valence-electron chi connectivity index (χ0n) is 8.47. The molecule has 1 heterocycles. The zero-order chi connectivity index (χ0) is 10.8. The van der Waals surface area contributed by atoms with E-state index in [1.54, 1.807) is 19.3 Å². The van der Waals surface area contributed by atoms with Gasteiger partial charge in [0.15, 0.2) is 0 Å². The summed E-state index contributed by atoms with van der Waals surface area (Å²) in [4.78, 5) is 17.1. The number of nitrogens with zero attached hydrogens (tertiary/aromatic N) is 2. The second-order valence-corrected chi connectivity index (χ2v) is 3.49. The van der Waals surface area contributed by atoms with Gasteiger partial charge in [0.25, 0.3) is 0 Å². The van der Waals surface area contributed by atoms with Crippen LogP contribution in [0, 0.1) is 6.92 Å². The summed E-state index contributed by atoms with van der Waals surface area (Å²) in [6.07, 6.45) is 1.70. The number of rotatable bonds is 2. The SMILES string of the molecule is Cc1cccc(N2C=NCC2)c1C(=O)O. The molecule has 0 fully saturated rings. The summed E-state index contributed by atoms with van der Waals surface area (Å²) in [7, 11) is 0. The van der Waals surface area contributed by atoms with Crippen molar-refractivity contribution < 1.29 is 9.90 Å². The highest BCUT2D eigenvalue weighted by atomic mass is 16.4. The van der Waals surface area contributed by atoms with E-state index in [0.717, 1.165) is 24.3 Å². The maximum Gasteiger partial charge on any atom is 0.338 e. The number of hydrogen-bond donors (Lipinski definition) is 1. The lowest BCUT2D eigenvalue weighted by molar-refractivity contribution is 0.0697. The summed E-state index contributed by atoms with van der Waals surface area (Å²) in [5, 5.41) is 9.14. The van der Waals surface area contributed by atoms with Crippen molar-refractivity contribution in [1.29, 1.82) is 0 Å². The van der Waals surface area contributed by atoms with Gasteiger partial charge in [-0.1, -0.05) is 12.1 Å². The zero-order valence-corrected chi connectivity index (χ0v) is 8.47. The number of aliphatic imine (C=N–C) groups is 1. The molecule has 1 N–H and O–H groups in total. The van der Waals surface area contributed by atoms with Gasteiger partial charge in [0, 0.05) is 6.54 Å². The number of carboxylic acids is 1. The van der Waals surface area contributed by atoms with Gasteiger partial charge in [-0.2, -0.15) is 0 Å². The highest BCUT2D eigenvalue weighted by Gasteiger charge is 2.18. The Labute approximate surface area is 87.9 Å². The normalized spacial score (nSPS) is 14.6. The molecule has 0 bridgehead atoms. The van der Waals surface area contributed by atoms with Crippen LogP contribution in [-0.2, 0) is 0 Å². The van der Waals surface area contributed by atoms with Gasteiger partial charge in [-0.3, -0.25) is 4.99 Å². The van der Waals surface area contributed by atoms with Gasteiger partial charge in [0.05, 0.1) is 24.1 Å². The largest absolute Gasteiger partial charge is 0.478 e. The third kappa shape index (κ3) is 1.70. The number of anilines is 1. The first-order chi connectivity index (χ1) is 7.20. The van der Waals surface area contributed by atoms with Crippen molar-refractivity contribution in [3.63, 3.8) is 0 Å². The number of aryl methyl sites for hydroxylation is 1. The Hall–Kier alpha value is -1.84. The van der Waals surface area contributed by atoms with Crippen molar-refractivity contribution in [2.24, 2.45) is 4.99 Å².